The molecule has 0 aliphatic rings. The van der Waals surface area contributed by atoms with E-state index in [1.165, 1.54) is 26.4 Å². The first kappa shape index (κ1) is 17.5. The van der Waals surface area contributed by atoms with Crippen LogP contribution in [0.1, 0.15) is 13.8 Å². The van der Waals surface area contributed by atoms with E-state index in [0.29, 0.717) is 12.4 Å². The summed E-state index contributed by atoms with van der Waals surface area (Å²) in [5, 5.41) is 0. The normalized spacial score (nSPS) is 13.0. The number of benzene rings is 1. The Kier molecular flexibility index (Phi) is 6.25. The second-order valence-electron chi connectivity index (χ2n) is 4.43. The molecule has 0 saturated carbocycles. The average Bonchev–Trinajstić information content (AvgIpc) is 2.44. The molecule has 21 heavy (non-hydrogen) atoms. The first-order valence-electron chi connectivity index (χ1n) is 6.47. The number of nitrogens with two attached hydrogens (primary N) is 1. The Labute approximate surface area is 125 Å². The van der Waals surface area contributed by atoms with E-state index < -0.39 is 10.0 Å². The molecule has 0 radical (unpaired) electrons. The molecule has 1 aromatic carbocycles. The molecule has 120 valence electrons. The van der Waals surface area contributed by atoms with Crippen LogP contribution in [0.15, 0.2) is 17.0 Å². The number of ether oxygens (including phenoxy) is 3. The lowest BCUT2D eigenvalue weighted by atomic mass is 10.3. The van der Waals surface area contributed by atoms with Crippen molar-refractivity contribution in [2.45, 2.75) is 24.8 Å². The lowest BCUT2D eigenvalue weighted by Crippen LogP contribution is -2.36. The smallest absolute Gasteiger partial charge is 0.244 e. The number of methoxy groups -OCH3 is 2. The van der Waals surface area contributed by atoms with E-state index in [2.05, 4.69) is 4.72 Å². The van der Waals surface area contributed by atoms with Gasteiger partial charge in [-0.05, 0) is 19.9 Å². The van der Waals surface area contributed by atoms with E-state index in [-0.39, 0.29) is 29.0 Å². The van der Waals surface area contributed by atoms with Crippen LogP contribution in [0.4, 0.5) is 5.69 Å². The number of nitrogen functional groups attached to an aromatic ring is 1. The molecule has 1 rings (SSSR count). The van der Waals surface area contributed by atoms with Crippen LogP contribution in [0.2, 0.25) is 0 Å². The van der Waals surface area contributed by atoms with Gasteiger partial charge in [-0.2, -0.15) is 0 Å². The summed E-state index contributed by atoms with van der Waals surface area (Å²) < 4.78 is 42.7. The Morgan fingerprint density at radius 3 is 2.38 bits per heavy atom. The molecule has 1 aromatic rings. The van der Waals surface area contributed by atoms with E-state index in [1.54, 1.807) is 6.92 Å². The van der Waals surface area contributed by atoms with Crippen LogP contribution in [-0.4, -0.2) is 41.9 Å². The third-order valence-electron chi connectivity index (χ3n) is 2.73. The van der Waals surface area contributed by atoms with Crippen molar-refractivity contribution in [2.75, 3.05) is 33.2 Å². The number of hydrogen-bond donors (Lipinski definition) is 2. The molecule has 0 spiro atoms. The van der Waals surface area contributed by atoms with Gasteiger partial charge in [-0.25, -0.2) is 13.1 Å². The number of rotatable bonds is 8. The SMILES string of the molecule is CCOCC(C)NS(=O)(=O)c1cc(N)c(OC)cc1OC. The first-order chi connectivity index (χ1) is 9.85. The van der Waals surface area contributed by atoms with Gasteiger partial charge in [-0.3, -0.25) is 0 Å². The standard InChI is InChI=1S/C13H22N2O5S/c1-5-20-8-9(2)15-21(16,17)13-6-10(14)11(18-3)7-12(13)19-4/h6-7,9,15H,5,8,14H2,1-4H3. The first-order valence-corrected chi connectivity index (χ1v) is 7.95. The molecule has 8 heteroatoms. The largest absolute Gasteiger partial charge is 0.495 e. The maximum atomic E-state index is 12.4. The second-order valence-corrected chi connectivity index (χ2v) is 6.11. The van der Waals surface area contributed by atoms with Crippen LogP contribution in [-0.2, 0) is 14.8 Å². The zero-order valence-corrected chi connectivity index (χ0v) is 13.5. The maximum absolute atomic E-state index is 12.4. The third-order valence-corrected chi connectivity index (χ3v) is 4.34. The van der Waals surface area contributed by atoms with Gasteiger partial charge in [-0.1, -0.05) is 0 Å². The molecule has 0 saturated heterocycles. The fraction of sp³-hybridized carbons (Fsp3) is 0.538. The maximum Gasteiger partial charge on any atom is 0.244 e. The molecule has 0 amide bonds. The van der Waals surface area contributed by atoms with Crippen molar-refractivity contribution in [1.82, 2.24) is 4.72 Å². The summed E-state index contributed by atoms with van der Waals surface area (Å²) in [5.41, 5.74) is 5.98. The van der Waals surface area contributed by atoms with Crippen molar-refractivity contribution in [1.29, 1.82) is 0 Å². The van der Waals surface area contributed by atoms with Gasteiger partial charge in [0.25, 0.3) is 0 Å². The molecule has 0 heterocycles. The topological polar surface area (TPSA) is 99.9 Å². The van der Waals surface area contributed by atoms with Crippen LogP contribution in [0.3, 0.4) is 0 Å². The van der Waals surface area contributed by atoms with E-state index in [1.807, 2.05) is 6.92 Å². The summed E-state index contributed by atoms with van der Waals surface area (Å²) in [5.74, 6) is 0.519. The zero-order valence-electron chi connectivity index (χ0n) is 12.7. The summed E-state index contributed by atoms with van der Waals surface area (Å²) in [4.78, 5) is -0.0355. The summed E-state index contributed by atoms with van der Waals surface area (Å²) in [6.07, 6.45) is 0. The van der Waals surface area contributed by atoms with E-state index in [0.717, 1.165) is 0 Å². The highest BCUT2D eigenvalue weighted by Gasteiger charge is 2.23. The molecule has 1 atom stereocenters. The van der Waals surface area contributed by atoms with Gasteiger partial charge in [-0.15, -0.1) is 0 Å². The fourth-order valence-corrected chi connectivity index (χ4v) is 3.17. The monoisotopic (exact) mass is 318 g/mol. The molecule has 3 N–H and O–H groups in total. The van der Waals surface area contributed by atoms with Crippen molar-refractivity contribution in [3.8, 4) is 11.5 Å². The van der Waals surface area contributed by atoms with E-state index in [4.69, 9.17) is 19.9 Å². The summed E-state index contributed by atoms with van der Waals surface area (Å²) in [6, 6.07) is 2.38. The van der Waals surface area contributed by atoms with Crippen LogP contribution < -0.4 is 19.9 Å². The number of sulfonamides is 1. The van der Waals surface area contributed by atoms with Gasteiger partial charge >= 0.3 is 0 Å². The van der Waals surface area contributed by atoms with Gasteiger partial charge in [0.15, 0.2) is 0 Å². The van der Waals surface area contributed by atoms with Crippen molar-refractivity contribution in [2.24, 2.45) is 0 Å². The highest BCUT2D eigenvalue weighted by molar-refractivity contribution is 7.89. The van der Waals surface area contributed by atoms with E-state index in [9.17, 15) is 8.42 Å². The summed E-state index contributed by atoms with van der Waals surface area (Å²) in [7, 11) is -0.942. The Bertz CT molecular complexity index is 574. The molecule has 0 aliphatic carbocycles. The molecule has 0 aliphatic heterocycles. The van der Waals surface area contributed by atoms with Gasteiger partial charge in [0, 0.05) is 18.7 Å². The molecular weight excluding hydrogens is 296 g/mol. The Morgan fingerprint density at radius 1 is 1.24 bits per heavy atom. The lowest BCUT2D eigenvalue weighted by molar-refractivity contribution is 0.133. The summed E-state index contributed by atoms with van der Waals surface area (Å²) in [6.45, 7) is 4.36. The van der Waals surface area contributed by atoms with Crippen LogP contribution >= 0.6 is 0 Å². The Hall–Kier alpha value is -1.51. The minimum Gasteiger partial charge on any atom is -0.495 e. The van der Waals surface area contributed by atoms with Crippen LogP contribution in [0.25, 0.3) is 0 Å². The highest BCUT2D eigenvalue weighted by Crippen LogP contribution is 2.33. The minimum atomic E-state index is -3.77. The number of nitrogens with one attached hydrogen (secondary N) is 1. The predicted octanol–water partition coefficient (Wildman–Crippen LogP) is 0.989. The summed E-state index contributed by atoms with van der Waals surface area (Å²) >= 11 is 0. The van der Waals surface area contributed by atoms with Crippen LogP contribution in [0, 0.1) is 0 Å². The molecular formula is C13H22N2O5S. The number of hydrogen-bond acceptors (Lipinski definition) is 6. The lowest BCUT2D eigenvalue weighted by Gasteiger charge is -2.17. The second kappa shape index (κ2) is 7.48. The van der Waals surface area contributed by atoms with Gasteiger partial charge in [0.1, 0.15) is 16.4 Å². The van der Waals surface area contributed by atoms with E-state index >= 15 is 0 Å². The van der Waals surface area contributed by atoms with Gasteiger partial charge in [0.2, 0.25) is 10.0 Å². The molecule has 0 fully saturated rings. The minimum absolute atomic E-state index is 0.0355. The highest BCUT2D eigenvalue weighted by atomic mass is 32.2. The van der Waals surface area contributed by atoms with Crippen molar-refractivity contribution in [3.63, 3.8) is 0 Å². The quantitative estimate of drug-likeness (QED) is 0.693. The van der Waals surface area contributed by atoms with Crippen molar-refractivity contribution >= 4 is 15.7 Å². The fourth-order valence-electron chi connectivity index (χ4n) is 1.76. The molecule has 7 nitrogen and oxygen atoms in total. The molecule has 1 unspecified atom stereocenters. The number of anilines is 1. The average molecular weight is 318 g/mol. The van der Waals surface area contributed by atoms with Crippen molar-refractivity contribution in [3.05, 3.63) is 12.1 Å². The van der Waals surface area contributed by atoms with Gasteiger partial charge < -0.3 is 19.9 Å². The predicted molar refractivity (Wildman–Crippen MR) is 80.2 cm³/mol. The van der Waals surface area contributed by atoms with Crippen LogP contribution in [0.5, 0.6) is 11.5 Å². The molecule has 0 aromatic heterocycles. The van der Waals surface area contributed by atoms with Crippen molar-refractivity contribution < 1.29 is 22.6 Å². The third kappa shape index (κ3) is 4.48. The zero-order chi connectivity index (χ0) is 16.0. The molecule has 0 bridgehead atoms. The Balaban J connectivity index is 3.10. The Morgan fingerprint density at radius 2 is 1.86 bits per heavy atom. The van der Waals surface area contributed by atoms with Gasteiger partial charge in [0.05, 0.1) is 26.5 Å².